The lowest BCUT2D eigenvalue weighted by Crippen LogP contribution is -2.39. The highest BCUT2D eigenvalue weighted by molar-refractivity contribution is 6.08. The molecule has 0 saturated heterocycles. The van der Waals surface area contributed by atoms with Crippen LogP contribution < -0.4 is 25.5 Å². The first-order valence-electron chi connectivity index (χ1n) is 11.7. The number of rotatable bonds is 8. The molecule has 1 aromatic heterocycles. The van der Waals surface area contributed by atoms with Crippen molar-refractivity contribution in [2.45, 2.75) is 6.42 Å². The molecule has 3 aromatic rings. The molecule has 1 aliphatic rings. The molecule has 38 heavy (non-hydrogen) atoms. The zero-order valence-electron chi connectivity index (χ0n) is 21.4. The Morgan fingerprint density at radius 1 is 1.13 bits per heavy atom. The van der Waals surface area contributed by atoms with Gasteiger partial charge >= 0.3 is 5.69 Å². The normalized spacial score (nSPS) is 12.1. The topological polar surface area (TPSA) is 129 Å². The van der Waals surface area contributed by atoms with Crippen molar-refractivity contribution in [3.63, 3.8) is 0 Å². The molecule has 1 amide bonds. The van der Waals surface area contributed by atoms with E-state index in [1.54, 1.807) is 42.3 Å². The summed E-state index contributed by atoms with van der Waals surface area (Å²) in [5.41, 5.74) is -0.490. The quantitative estimate of drug-likeness (QED) is 0.351. The van der Waals surface area contributed by atoms with Gasteiger partial charge in [-0.1, -0.05) is 18.2 Å². The van der Waals surface area contributed by atoms with Crippen molar-refractivity contribution in [3.8, 4) is 23.1 Å². The third-order valence-electron chi connectivity index (χ3n) is 6.31. The molecular weight excluding hydrogens is 494 g/mol. The first-order chi connectivity index (χ1) is 18.1. The van der Waals surface area contributed by atoms with Crippen molar-refractivity contribution in [1.82, 2.24) is 14.0 Å². The van der Waals surface area contributed by atoms with Crippen molar-refractivity contribution < 1.29 is 28.9 Å². The van der Waals surface area contributed by atoms with Crippen LogP contribution in [0.25, 0.3) is 6.08 Å². The predicted octanol–water partition coefficient (Wildman–Crippen LogP) is 1.74. The monoisotopic (exact) mass is 521 g/mol. The number of likely N-dealkylation sites (N-methyl/N-ethyl adjacent to an activating group) is 1. The van der Waals surface area contributed by atoms with Gasteiger partial charge in [-0.25, -0.2) is 4.79 Å². The van der Waals surface area contributed by atoms with E-state index in [4.69, 9.17) is 14.2 Å². The number of hydrogen-bond donors (Lipinski definition) is 1. The lowest BCUT2D eigenvalue weighted by molar-refractivity contribution is 0.0796. The molecule has 0 fully saturated rings. The third kappa shape index (κ3) is 4.77. The zero-order valence-corrected chi connectivity index (χ0v) is 21.4. The van der Waals surface area contributed by atoms with E-state index in [-0.39, 0.29) is 12.7 Å². The van der Waals surface area contributed by atoms with Crippen molar-refractivity contribution >= 4 is 17.8 Å². The van der Waals surface area contributed by atoms with Gasteiger partial charge in [0.25, 0.3) is 11.5 Å². The van der Waals surface area contributed by atoms with Gasteiger partial charge in [-0.2, -0.15) is 0 Å². The highest BCUT2D eigenvalue weighted by Crippen LogP contribution is 2.45. The molecule has 0 bridgehead atoms. The van der Waals surface area contributed by atoms with E-state index in [0.29, 0.717) is 46.9 Å². The second-order valence-corrected chi connectivity index (χ2v) is 8.66. The Morgan fingerprint density at radius 2 is 1.84 bits per heavy atom. The Bertz CT molecular complexity index is 1550. The molecule has 198 valence electrons. The fourth-order valence-corrected chi connectivity index (χ4v) is 4.15. The molecule has 0 aliphatic carbocycles. The summed E-state index contributed by atoms with van der Waals surface area (Å²) in [5.74, 6) is -0.549. The molecule has 1 aliphatic heterocycles. The minimum absolute atomic E-state index is 0.00835. The molecule has 1 N–H and O–H groups in total. The molecule has 2 aromatic carbocycles. The first-order valence-corrected chi connectivity index (χ1v) is 11.7. The Labute approximate surface area is 217 Å². The second kappa shape index (κ2) is 10.7. The van der Waals surface area contributed by atoms with Crippen LogP contribution in [0.1, 0.15) is 31.8 Å². The van der Waals surface area contributed by atoms with E-state index in [1.807, 2.05) is 6.07 Å². The minimum atomic E-state index is -0.917. The SMILES string of the molecule is COc1c(/C=C/C(=O)c2c(O)n(C)c(=O)n(C)c2=O)c(CCN(C)C(=O)c2ccccc2)cc2c1OCO2. The van der Waals surface area contributed by atoms with Crippen LogP contribution >= 0.6 is 0 Å². The second-order valence-electron chi connectivity index (χ2n) is 8.66. The van der Waals surface area contributed by atoms with Crippen LogP contribution in [-0.2, 0) is 20.5 Å². The Kier molecular flexibility index (Phi) is 7.38. The van der Waals surface area contributed by atoms with Gasteiger partial charge in [-0.3, -0.25) is 23.5 Å². The number of allylic oxidation sites excluding steroid dienone is 1. The van der Waals surface area contributed by atoms with Crippen LogP contribution in [0.4, 0.5) is 0 Å². The van der Waals surface area contributed by atoms with Crippen molar-refractivity contribution in [2.24, 2.45) is 14.1 Å². The fraction of sp³-hybridized carbons (Fsp3) is 0.259. The summed E-state index contributed by atoms with van der Waals surface area (Å²) in [6, 6.07) is 10.6. The smallest absolute Gasteiger partial charge is 0.333 e. The lowest BCUT2D eigenvalue weighted by atomic mass is 10.00. The molecule has 0 unspecified atom stereocenters. The average Bonchev–Trinajstić information content (AvgIpc) is 3.40. The molecule has 11 heteroatoms. The number of carbonyl (C=O) groups is 2. The highest BCUT2D eigenvalue weighted by atomic mass is 16.7. The van der Waals surface area contributed by atoms with E-state index in [2.05, 4.69) is 0 Å². The maximum atomic E-state index is 13.0. The number of ether oxygens (including phenoxy) is 3. The molecule has 0 atom stereocenters. The molecular formula is C27H27N3O8. The average molecular weight is 522 g/mol. The van der Waals surface area contributed by atoms with Crippen LogP contribution in [0.3, 0.4) is 0 Å². The molecule has 2 heterocycles. The van der Waals surface area contributed by atoms with Crippen molar-refractivity contribution in [1.29, 1.82) is 0 Å². The summed E-state index contributed by atoms with van der Waals surface area (Å²) >= 11 is 0. The molecule has 0 radical (unpaired) electrons. The number of nitrogens with zero attached hydrogens (tertiary/aromatic N) is 3. The summed E-state index contributed by atoms with van der Waals surface area (Å²) in [5, 5.41) is 10.3. The fourth-order valence-electron chi connectivity index (χ4n) is 4.15. The number of hydrogen-bond acceptors (Lipinski definition) is 8. The number of ketones is 1. The van der Waals surface area contributed by atoms with Crippen molar-refractivity contribution in [2.75, 3.05) is 27.5 Å². The summed E-state index contributed by atoms with van der Waals surface area (Å²) in [6.07, 6.45) is 2.94. The van der Waals surface area contributed by atoms with Gasteiger partial charge < -0.3 is 24.2 Å². The van der Waals surface area contributed by atoms with Crippen LogP contribution in [0.2, 0.25) is 0 Å². The zero-order chi connectivity index (χ0) is 27.6. The number of methoxy groups -OCH3 is 1. The van der Waals surface area contributed by atoms with Crippen LogP contribution in [-0.4, -0.2) is 58.3 Å². The lowest BCUT2D eigenvalue weighted by Gasteiger charge is -2.19. The molecule has 4 rings (SSSR count). The number of benzene rings is 2. The molecule has 0 spiro atoms. The highest BCUT2D eigenvalue weighted by Gasteiger charge is 2.26. The maximum Gasteiger partial charge on any atom is 0.333 e. The van der Waals surface area contributed by atoms with Gasteiger partial charge in [0.15, 0.2) is 17.3 Å². The van der Waals surface area contributed by atoms with Gasteiger partial charge in [-0.05, 0) is 42.3 Å². The summed E-state index contributed by atoms with van der Waals surface area (Å²) < 4.78 is 18.2. The van der Waals surface area contributed by atoms with Gasteiger partial charge in [0.2, 0.25) is 18.4 Å². The van der Waals surface area contributed by atoms with E-state index in [1.165, 1.54) is 27.3 Å². The summed E-state index contributed by atoms with van der Waals surface area (Å²) in [4.78, 5) is 52.0. The van der Waals surface area contributed by atoms with Crippen LogP contribution in [0.15, 0.2) is 52.1 Å². The maximum absolute atomic E-state index is 13.0. The molecule has 11 nitrogen and oxygen atoms in total. The summed E-state index contributed by atoms with van der Waals surface area (Å²) in [6.45, 7) is 0.332. The van der Waals surface area contributed by atoms with E-state index >= 15 is 0 Å². The number of aromatic nitrogens is 2. The number of aromatic hydroxyl groups is 1. The van der Waals surface area contributed by atoms with E-state index in [0.717, 1.165) is 15.2 Å². The van der Waals surface area contributed by atoms with Gasteiger partial charge in [-0.15, -0.1) is 0 Å². The number of carbonyl (C=O) groups excluding carboxylic acids is 2. The number of fused-ring (bicyclic) bond motifs is 1. The standard InChI is InChI=1S/C27H27N3O8/c1-28(24(32)16-8-6-5-7-9-16)13-12-17-14-20-23(38-15-37-20)22(36-4)18(17)10-11-19(31)21-25(33)29(2)27(35)30(3)26(21)34/h5-11,14,33H,12-13,15H2,1-4H3/b11-10+. The Morgan fingerprint density at radius 3 is 2.53 bits per heavy atom. The third-order valence-corrected chi connectivity index (χ3v) is 6.31. The Hall–Kier alpha value is -4.80. The molecule has 0 saturated carbocycles. The van der Waals surface area contributed by atoms with Crippen LogP contribution in [0.5, 0.6) is 23.1 Å². The first kappa shape index (κ1) is 26.3. The van der Waals surface area contributed by atoms with Gasteiger partial charge in [0.05, 0.1) is 7.11 Å². The van der Waals surface area contributed by atoms with Gasteiger partial charge in [0, 0.05) is 38.8 Å². The largest absolute Gasteiger partial charge is 0.494 e. The minimum Gasteiger partial charge on any atom is -0.494 e. The summed E-state index contributed by atoms with van der Waals surface area (Å²) in [7, 11) is 5.61. The Balaban J connectivity index is 1.69. The predicted molar refractivity (Wildman–Crippen MR) is 138 cm³/mol. The van der Waals surface area contributed by atoms with Gasteiger partial charge in [0.1, 0.15) is 5.56 Å². The van der Waals surface area contributed by atoms with E-state index in [9.17, 15) is 24.3 Å². The van der Waals surface area contributed by atoms with Crippen LogP contribution in [0, 0.1) is 0 Å². The van der Waals surface area contributed by atoms with E-state index < -0.39 is 28.5 Å². The van der Waals surface area contributed by atoms with Crippen molar-refractivity contribution in [3.05, 3.63) is 85.6 Å². The number of amides is 1.